The van der Waals surface area contributed by atoms with Gasteiger partial charge in [-0.1, -0.05) is 42.0 Å². The molecular weight excluding hydrogens is 296 g/mol. The first kappa shape index (κ1) is 14.4. The van der Waals surface area contributed by atoms with Gasteiger partial charge in [-0.2, -0.15) is 12.8 Å². The molecule has 0 unspecified atom stereocenters. The summed E-state index contributed by atoms with van der Waals surface area (Å²) in [6.45, 7) is 1.90. The summed E-state index contributed by atoms with van der Waals surface area (Å²) in [5.41, 5.74) is 2.31. The van der Waals surface area contributed by atoms with Crippen LogP contribution in [0.25, 0.3) is 10.9 Å². The highest BCUT2D eigenvalue weighted by Crippen LogP contribution is 2.14. The zero-order valence-electron chi connectivity index (χ0n) is 12.0. The third-order valence-electron chi connectivity index (χ3n) is 3.26. The lowest BCUT2D eigenvalue weighted by Crippen LogP contribution is -1.98. The molecule has 0 saturated heterocycles. The molecule has 3 rings (SSSR count). The van der Waals surface area contributed by atoms with Crippen molar-refractivity contribution in [2.75, 3.05) is 0 Å². The minimum Gasteiger partial charge on any atom is -0.247 e. The molecule has 5 heteroatoms. The van der Waals surface area contributed by atoms with Crippen LogP contribution in [0, 0.1) is 6.92 Å². The first-order valence-corrected chi connectivity index (χ1v) is 8.21. The summed E-state index contributed by atoms with van der Waals surface area (Å²) >= 11 is 0. The maximum atomic E-state index is 12.2. The molecule has 0 aliphatic carbocycles. The van der Waals surface area contributed by atoms with Crippen molar-refractivity contribution >= 4 is 27.1 Å². The van der Waals surface area contributed by atoms with Crippen molar-refractivity contribution in [3.8, 4) is 0 Å². The van der Waals surface area contributed by atoms with Gasteiger partial charge in [-0.3, -0.25) is 0 Å². The van der Waals surface area contributed by atoms with Gasteiger partial charge in [-0.05, 0) is 31.2 Å². The Morgan fingerprint density at radius 1 is 0.955 bits per heavy atom. The molecule has 2 aromatic carbocycles. The van der Waals surface area contributed by atoms with Gasteiger partial charge in [0.25, 0.3) is 10.0 Å². The summed E-state index contributed by atoms with van der Waals surface area (Å²) in [6, 6.07) is 17.9. The van der Waals surface area contributed by atoms with Gasteiger partial charge in [0.05, 0.1) is 22.3 Å². The molecule has 1 aromatic heterocycles. The highest BCUT2D eigenvalue weighted by Gasteiger charge is 2.11. The molecule has 3 aromatic rings. The summed E-state index contributed by atoms with van der Waals surface area (Å²) in [6.07, 6.45) is 1.28. The molecule has 0 amide bonds. The van der Waals surface area contributed by atoms with Crippen LogP contribution < -0.4 is 0 Å². The summed E-state index contributed by atoms with van der Waals surface area (Å²) < 4.78 is 28.0. The number of para-hydroxylation sites is 1. The third-order valence-corrected chi connectivity index (χ3v) is 4.51. The summed E-state index contributed by atoms with van der Waals surface area (Å²) in [5, 5.41) is 1.00. The second-order valence-corrected chi connectivity index (χ2v) is 6.58. The Morgan fingerprint density at radius 2 is 1.68 bits per heavy atom. The van der Waals surface area contributed by atoms with Crippen molar-refractivity contribution in [1.82, 2.24) is 4.98 Å². The zero-order chi connectivity index (χ0) is 15.6. The van der Waals surface area contributed by atoms with Crippen LogP contribution >= 0.6 is 0 Å². The highest BCUT2D eigenvalue weighted by atomic mass is 32.2. The van der Waals surface area contributed by atoms with E-state index in [0.29, 0.717) is 5.69 Å². The molecule has 4 nitrogen and oxygen atoms in total. The third kappa shape index (κ3) is 3.04. The fraction of sp³-hybridized carbons (Fsp3) is 0.0588. The Bertz CT molecular complexity index is 946. The molecular formula is C17H14N2O2S. The number of pyridine rings is 1. The van der Waals surface area contributed by atoms with E-state index in [1.807, 2.05) is 37.3 Å². The Hall–Kier alpha value is -2.53. The summed E-state index contributed by atoms with van der Waals surface area (Å²) in [5.74, 6) is 0. The van der Waals surface area contributed by atoms with E-state index in [1.54, 1.807) is 30.3 Å². The molecule has 0 N–H and O–H groups in total. The maximum absolute atomic E-state index is 12.2. The van der Waals surface area contributed by atoms with Crippen LogP contribution in [0.3, 0.4) is 0 Å². The van der Waals surface area contributed by atoms with Crippen molar-refractivity contribution in [2.24, 2.45) is 4.40 Å². The zero-order valence-corrected chi connectivity index (χ0v) is 12.8. The predicted octanol–water partition coefficient (Wildman–Crippen LogP) is 3.35. The Morgan fingerprint density at radius 3 is 2.45 bits per heavy atom. The standard InChI is InChI=1S/C17H14N2O2S/c1-13-6-10-16(11-7-13)22(20,21)18-12-15-9-8-14-4-2-3-5-17(14)19-15/h2-12H,1H3. The quantitative estimate of drug-likeness (QED) is 0.697. The smallest absolute Gasteiger partial charge is 0.247 e. The van der Waals surface area contributed by atoms with E-state index in [-0.39, 0.29) is 4.90 Å². The molecule has 22 heavy (non-hydrogen) atoms. The number of fused-ring (bicyclic) bond motifs is 1. The van der Waals surface area contributed by atoms with Gasteiger partial charge in [0.2, 0.25) is 0 Å². The fourth-order valence-corrected chi connectivity index (χ4v) is 2.90. The van der Waals surface area contributed by atoms with Crippen molar-refractivity contribution in [2.45, 2.75) is 11.8 Å². The number of hydrogen-bond acceptors (Lipinski definition) is 3. The van der Waals surface area contributed by atoms with E-state index in [0.717, 1.165) is 16.5 Å². The predicted molar refractivity (Wildman–Crippen MR) is 87.7 cm³/mol. The van der Waals surface area contributed by atoms with E-state index >= 15 is 0 Å². The van der Waals surface area contributed by atoms with Crippen LogP contribution in [-0.2, 0) is 10.0 Å². The molecule has 0 radical (unpaired) electrons. The first-order valence-electron chi connectivity index (χ1n) is 6.77. The monoisotopic (exact) mass is 310 g/mol. The molecule has 0 aliphatic heterocycles. The lowest BCUT2D eigenvalue weighted by molar-refractivity contribution is 0.598. The molecule has 0 bridgehead atoms. The SMILES string of the molecule is Cc1ccc(S(=O)(=O)N=Cc2ccc3ccccc3n2)cc1. The molecule has 110 valence electrons. The minimum absolute atomic E-state index is 0.176. The van der Waals surface area contributed by atoms with E-state index in [4.69, 9.17) is 0 Å². The van der Waals surface area contributed by atoms with Gasteiger partial charge in [-0.15, -0.1) is 0 Å². The van der Waals surface area contributed by atoms with Crippen molar-refractivity contribution in [3.05, 3.63) is 71.9 Å². The van der Waals surface area contributed by atoms with E-state index in [1.165, 1.54) is 6.21 Å². The van der Waals surface area contributed by atoms with Gasteiger partial charge in [-0.25, -0.2) is 4.98 Å². The molecule has 0 saturated carbocycles. The fourth-order valence-electron chi connectivity index (χ4n) is 2.05. The second kappa shape index (κ2) is 5.69. The Kier molecular flexibility index (Phi) is 3.73. The Balaban J connectivity index is 1.92. The normalized spacial score (nSPS) is 12.0. The summed E-state index contributed by atoms with van der Waals surface area (Å²) in [4.78, 5) is 4.55. The molecule has 0 spiro atoms. The van der Waals surface area contributed by atoms with Gasteiger partial charge in [0, 0.05) is 5.39 Å². The minimum atomic E-state index is -3.70. The number of aromatic nitrogens is 1. The van der Waals surface area contributed by atoms with Gasteiger partial charge in [0.1, 0.15) is 0 Å². The highest BCUT2D eigenvalue weighted by molar-refractivity contribution is 7.90. The molecule has 0 atom stereocenters. The van der Waals surface area contributed by atoms with Gasteiger partial charge < -0.3 is 0 Å². The van der Waals surface area contributed by atoms with Crippen LogP contribution in [0.15, 0.2) is 70.0 Å². The largest absolute Gasteiger partial charge is 0.282 e. The van der Waals surface area contributed by atoms with Crippen molar-refractivity contribution in [1.29, 1.82) is 0 Å². The van der Waals surface area contributed by atoms with Crippen LogP contribution in [0.4, 0.5) is 0 Å². The van der Waals surface area contributed by atoms with E-state index in [9.17, 15) is 8.42 Å². The summed E-state index contributed by atoms with van der Waals surface area (Å²) in [7, 11) is -3.70. The van der Waals surface area contributed by atoms with Crippen LogP contribution in [-0.4, -0.2) is 19.6 Å². The van der Waals surface area contributed by atoms with Crippen LogP contribution in [0.5, 0.6) is 0 Å². The van der Waals surface area contributed by atoms with Gasteiger partial charge >= 0.3 is 0 Å². The van der Waals surface area contributed by atoms with Crippen LogP contribution in [0.1, 0.15) is 11.3 Å². The van der Waals surface area contributed by atoms with E-state index < -0.39 is 10.0 Å². The number of benzene rings is 2. The number of rotatable bonds is 3. The molecule has 0 fully saturated rings. The average Bonchev–Trinajstić information content (AvgIpc) is 2.53. The maximum Gasteiger partial charge on any atom is 0.282 e. The number of sulfonamides is 1. The second-order valence-electron chi connectivity index (χ2n) is 4.95. The Labute approximate surface area is 129 Å². The first-order chi connectivity index (χ1) is 10.5. The van der Waals surface area contributed by atoms with Gasteiger partial charge in [0.15, 0.2) is 0 Å². The van der Waals surface area contributed by atoms with Crippen molar-refractivity contribution < 1.29 is 8.42 Å². The van der Waals surface area contributed by atoms with Crippen LogP contribution in [0.2, 0.25) is 0 Å². The lowest BCUT2D eigenvalue weighted by Gasteiger charge is -2.00. The number of aryl methyl sites for hydroxylation is 1. The number of hydrogen-bond donors (Lipinski definition) is 0. The molecule has 1 heterocycles. The lowest BCUT2D eigenvalue weighted by atomic mass is 10.2. The number of nitrogens with zero attached hydrogens (tertiary/aromatic N) is 2. The van der Waals surface area contributed by atoms with Crippen molar-refractivity contribution in [3.63, 3.8) is 0 Å². The average molecular weight is 310 g/mol. The molecule has 0 aliphatic rings. The van der Waals surface area contributed by atoms with E-state index in [2.05, 4.69) is 9.38 Å². The topological polar surface area (TPSA) is 59.4 Å².